The summed E-state index contributed by atoms with van der Waals surface area (Å²) in [5.74, 6) is -1.20. The van der Waals surface area contributed by atoms with Crippen molar-refractivity contribution in [1.82, 2.24) is 5.32 Å². The van der Waals surface area contributed by atoms with Gasteiger partial charge in [0, 0.05) is 6.54 Å². The van der Waals surface area contributed by atoms with Crippen LogP contribution in [0.15, 0.2) is 0 Å². The van der Waals surface area contributed by atoms with Crippen LogP contribution in [0.25, 0.3) is 0 Å². The van der Waals surface area contributed by atoms with Gasteiger partial charge in [0.1, 0.15) is 0 Å². The van der Waals surface area contributed by atoms with Crippen LogP contribution in [0, 0.1) is 5.92 Å². The highest BCUT2D eigenvalue weighted by Crippen LogP contribution is 2.27. The number of hydrogen-bond donors (Lipinski definition) is 2. The molecule has 7 heteroatoms. The molecule has 0 radical (unpaired) electrons. The molecule has 0 heterocycles. The first-order valence-electron chi connectivity index (χ1n) is 6.98. The zero-order valence-electron chi connectivity index (χ0n) is 11.4. The van der Waals surface area contributed by atoms with E-state index in [1.165, 1.54) is 0 Å². The molecular formula is C13H22F3NO2S. The number of carbonyl (C=O) groups excluding carboxylic acids is 1. The fraction of sp³-hybridized carbons (Fsp3) is 0.923. The Bertz CT molecular complexity index is 300. The molecule has 118 valence electrons. The van der Waals surface area contributed by atoms with E-state index in [1.54, 1.807) is 0 Å². The van der Waals surface area contributed by atoms with Gasteiger partial charge in [-0.2, -0.15) is 13.2 Å². The molecule has 0 saturated heterocycles. The van der Waals surface area contributed by atoms with E-state index in [4.69, 9.17) is 0 Å². The molecule has 1 rings (SSSR count). The lowest BCUT2D eigenvalue weighted by molar-refractivity contribution is -0.118. The molecule has 1 amide bonds. The minimum atomic E-state index is -4.22. The van der Waals surface area contributed by atoms with Crippen LogP contribution in [-0.4, -0.2) is 41.3 Å². The monoisotopic (exact) mass is 313 g/mol. The Morgan fingerprint density at radius 3 is 2.65 bits per heavy atom. The highest BCUT2D eigenvalue weighted by atomic mass is 32.2. The maximum atomic E-state index is 11.9. The SMILES string of the molecule is O=C(CSCC(F)(F)F)NCCCC1CCCCC1O. The number of aliphatic hydroxyl groups excluding tert-OH is 1. The van der Waals surface area contributed by atoms with Crippen molar-refractivity contribution in [2.24, 2.45) is 5.92 Å². The molecular weight excluding hydrogens is 291 g/mol. The lowest BCUT2D eigenvalue weighted by Gasteiger charge is -2.27. The van der Waals surface area contributed by atoms with Gasteiger partial charge in [0.25, 0.3) is 0 Å². The second kappa shape index (κ2) is 8.77. The van der Waals surface area contributed by atoms with E-state index in [-0.39, 0.29) is 17.8 Å². The largest absolute Gasteiger partial charge is 0.397 e. The first kappa shape index (κ1) is 17.6. The van der Waals surface area contributed by atoms with E-state index in [9.17, 15) is 23.1 Å². The minimum absolute atomic E-state index is 0.161. The lowest BCUT2D eigenvalue weighted by Crippen LogP contribution is -2.29. The van der Waals surface area contributed by atoms with Gasteiger partial charge in [0.2, 0.25) is 5.91 Å². The van der Waals surface area contributed by atoms with E-state index in [1.807, 2.05) is 0 Å². The Balaban J connectivity index is 2.01. The van der Waals surface area contributed by atoms with Gasteiger partial charge >= 0.3 is 6.18 Å². The van der Waals surface area contributed by atoms with Gasteiger partial charge in [-0.1, -0.05) is 12.8 Å². The predicted octanol–water partition coefficient (Wildman–Crippen LogP) is 2.73. The third kappa shape index (κ3) is 7.99. The molecule has 0 bridgehead atoms. The smallest absolute Gasteiger partial charge is 0.393 e. The maximum Gasteiger partial charge on any atom is 0.397 e. The van der Waals surface area contributed by atoms with Crippen LogP contribution in [0.2, 0.25) is 0 Å². The molecule has 0 aromatic carbocycles. The van der Waals surface area contributed by atoms with Crippen molar-refractivity contribution >= 4 is 17.7 Å². The normalized spacial score (nSPS) is 23.6. The summed E-state index contributed by atoms with van der Waals surface area (Å²) in [5.41, 5.74) is 0. The van der Waals surface area contributed by atoms with Crippen molar-refractivity contribution in [3.8, 4) is 0 Å². The van der Waals surface area contributed by atoms with E-state index in [0.717, 1.165) is 38.5 Å². The number of rotatable bonds is 7. The van der Waals surface area contributed by atoms with Crippen molar-refractivity contribution in [1.29, 1.82) is 0 Å². The van der Waals surface area contributed by atoms with Crippen LogP contribution in [0.4, 0.5) is 13.2 Å². The summed E-state index contributed by atoms with van der Waals surface area (Å²) in [6.07, 6.45) is 1.26. The topological polar surface area (TPSA) is 49.3 Å². The summed E-state index contributed by atoms with van der Waals surface area (Å²) < 4.78 is 35.6. The van der Waals surface area contributed by atoms with Crippen LogP contribution < -0.4 is 5.32 Å². The molecule has 2 unspecified atom stereocenters. The molecule has 1 aliphatic carbocycles. The molecule has 2 N–H and O–H groups in total. The third-order valence-electron chi connectivity index (χ3n) is 3.44. The Morgan fingerprint density at radius 2 is 2.00 bits per heavy atom. The minimum Gasteiger partial charge on any atom is -0.393 e. The highest BCUT2D eigenvalue weighted by molar-refractivity contribution is 8.00. The van der Waals surface area contributed by atoms with Gasteiger partial charge in [-0.3, -0.25) is 4.79 Å². The van der Waals surface area contributed by atoms with Crippen LogP contribution in [-0.2, 0) is 4.79 Å². The number of amides is 1. The highest BCUT2D eigenvalue weighted by Gasteiger charge is 2.27. The Morgan fingerprint density at radius 1 is 1.30 bits per heavy atom. The lowest BCUT2D eigenvalue weighted by atomic mass is 9.83. The van der Waals surface area contributed by atoms with Crippen molar-refractivity contribution in [3.63, 3.8) is 0 Å². The number of hydrogen-bond acceptors (Lipinski definition) is 3. The molecule has 1 aliphatic rings. The van der Waals surface area contributed by atoms with E-state index in [2.05, 4.69) is 5.32 Å². The fourth-order valence-electron chi connectivity index (χ4n) is 2.43. The molecule has 1 saturated carbocycles. The van der Waals surface area contributed by atoms with Crippen molar-refractivity contribution < 1.29 is 23.1 Å². The van der Waals surface area contributed by atoms with E-state index in [0.29, 0.717) is 24.2 Å². The zero-order valence-corrected chi connectivity index (χ0v) is 12.2. The summed E-state index contributed by atoms with van der Waals surface area (Å²) in [4.78, 5) is 11.3. The van der Waals surface area contributed by atoms with Crippen LogP contribution in [0.1, 0.15) is 38.5 Å². The summed E-state index contributed by atoms with van der Waals surface area (Å²) in [6, 6.07) is 0. The molecule has 0 aromatic heterocycles. The Labute approximate surface area is 121 Å². The van der Waals surface area contributed by atoms with Crippen LogP contribution >= 0.6 is 11.8 Å². The van der Waals surface area contributed by atoms with Crippen LogP contribution in [0.3, 0.4) is 0 Å². The quantitative estimate of drug-likeness (QED) is 0.711. The number of halogens is 3. The first-order chi connectivity index (χ1) is 9.38. The van der Waals surface area contributed by atoms with Gasteiger partial charge in [-0.25, -0.2) is 0 Å². The predicted molar refractivity (Wildman–Crippen MR) is 73.6 cm³/mol. The van der Waals surface area contributed by atoms with Crippen LogP contribution in [0.5, 0.6) is 0 Å². The van der Waals surface area contributed by atoms with Gasteiger partial charge in [0.05, 0.1) is 17.6 Å². The molecule has 0 aliphatic heterocycles. The summed E-state index contributed by atoms with van der Waals surface area (Å²) in [6.45, 7) is 0.467. The average Bonchev–Trinajstić information content (AvgIpc) is 2.35. The number of alkyl halides is 3. The van der Waals surface area contributed by atoms with Crippen molar-refractivity contribution in [2.75, 3.05) is 18.1 Å². The summed E-state index contributed by atoms with van der Waals surface area (Å²) in [5, 5.41) is 12.4. The average molecular weight is 313 g/mol. The third-order valence-corrected chi connectivity index (χ3v) is 4.44. The van der Waals surface area contributed by atoms with Gasteiger partial charge in [-0.15, -0.1) is 11.8 Å². The zero-order chi connectivity index (χ0) is 15.0. The van der Waals surface area contributed by atoms with E-state index < -0.39 is 11.9 Å². The molecule has 0 spiro atoms. The number of aliphatic hydroxyl groups is 1. The summed E-state index contributed by atoms with van der Waals surface area (Å²) in [7, 11) is 0. The molecule has 20 heavy (non-hydrogen) atoms. The molecule has 2 atom stereocenters. The standard InChI is InChI=1S/C13H22F3NO2S/c14-13(15,16)9-20-8-12(19)17-7-3-5-10-4-1-2-6-11(10)18/h10-11,18H,1-9H2,(H,17,19). The van der Waals surface area contributed by atoms with Crippen molar-refractivity contribution in [3.05, 3.63) is 0 Å². The Kier molecular flexibility index (Phi) is 7.72. The maximum absolute atomic E-state index is 11.9. The first-order valence-corrected chi connectivity index (χ1v) is 8.13. The van der Waals surface area contributed by atoms with Gasteiger partial charge in [0.15, 0.2) is 0 Å². The number of carbonyl (C=O) groups is 1. The number of nitrogens with one attached hydrogen (secondary N) is 1. The van der Waals surface area contributed by atoms with Gasteiger partial charge < -0.3 is 10.4 Å². The fourth-order valence-corrected chi connectivity index (χ4v) is 3.05. The molecule has 0 aromatic rings. The second-order valence-electron chi connectivity index (χ2n) is 5.21. The van der Waals surface area contributed by atoms with Gasteiger partial charge in [-0.05, 0) is 31.6 Å². The number of thioether (sulfide) groups is 1. The van der Waals surface area contributed by atoms with E-state index >= 15 is 0 Å². The molecule has 1 fully saturated rings. The second-order valence-corrected chi connectivity index (χ2v) is 6.20. The summed E-state index contributed by atoms with van der Waals surface area (Å²) >= 11 is 0.578. The van der Waals surface area contributed by atoms with Crippen molar-refractivity contribution in [2.45, 2.75) is 50.8 Å². The molecule has 3 nitrogen and oxygen atoms in total. The Hall–Kier alpha value is -0.430.